The van der Waals surface area contributed by atoms with Gasteiger partial charge in [0.05, 0.1) is 25.9 Å². The van der Waals surface area contributed by atoms with E-state index in [1.165, 1.54) is 0 Å². The predicted molar refractivity (Wildman–Crippen MR) is 68.0 cm³/mol. The van der Waals surface area contributed by atoms with Crippen LogP contribution in [0.15, 0.2) is 24.4 Å². The number of hydrogen-bond donors (Lipinski definition) is 0. The van der Waals surface area contributed by atoms with Crippen LogP contribution in [0.2, 0.25) is 0 Å². The zero-order valence-corrected chi connectivity index (χ0v) is 11.0. The average molecular weight is 319 g/mol. The van der Waals surface area contributed by atoms with E-state index in [0.29, 0.717) is 19.1 Å². The number of aromatic nitrogens is 1. The summed E-state index contributed by atoms with van der Waals surface area (Å²) in [5.41, 5.74) is 1.00. The maximum absolute atomic E-state index is 5.47. The highest BCUT2D eigenvalue weighted by atomic mass is 127. The van der Waals surface area contributed by atoms with Crippen LogP contribution < -0.4 is 4.74 Å². The van der Waals surface area contributed by atoms with Crippen molar-refractivity contribution in [3.8, 4) is 5.88 Å². The van der Waals surface area contributed by atoms with Gasteiger partial charge in [-0.3, -0.25) is 0 Å². The maximum Gasteiger partial charge on any atom is 0.219 e. The summed E-state index contributed by atoms with van der Waals surface area (Å²) < 4.78 is 11.8. The fourth-order valence-corrected chi connectivity index (χ4v) is 1.63. The van der Waals surface area contributed by atoms with E-state index >= 15 is 0 Å². The zero-order chi connectivity index (χ0) is 11.1. The van der Waals surface area contributed by atoms with E-state index in [0.717, 1.165) is 9.13 Å². The summed E-state index contributed by atoms with van der Waals surface area (Å²) in [4.78, 5) is 4.13. The van der Waals surface area contributed by atoms with Gasteiger partial charge in [-0.25, -0.2) is 4.98 Å². The van der Waals surface area contributed by atoms with Crippen molar-refractivity contribution in [2.45, 2.75) is 13.5 Å². The first-order valence-electron chi connectivity index (χ1n) is 4.66. The topological polar surface area (TPSA) is 31.4 Å². The molecule has 0 aliphatic carbocycles. The number of nitrogens with zero attached hydrogens (tertiary/aromatic N) is 1. The third-order valence-corrected chi connectivity index (χ3v) is 2.86. The molecule has 15 heavy (non-hydrogen) atoms. The van der Waals surface area contributed by atoms with Crippen LogP contribution in [0.4, 0.5) is 0 Å². The van der Waals surface area contributed by atoms with Gasteiger partial charge in [-0.05, 0) is 35.6 Å². The monoisotopic (exact) mass is 319 g/mol. The molecule has 4 heteroatoms. The molecule has 0 aliphatic rings. The molecule has 0 saturated heterocycles. The Morgan fingerprint density at radius 3 is 3.00 bits per heavy atom. The number of rotatable bonds is 5. The minimum Gasteiger partial charge on any atom is -0.481 e. The Morgan fingerprint density at radius 1 is 1.53 bits per heavy atom. The highest BCUT2D eigenvalue weighted by Gasteiger charge is 2.07. The summed E-state index contributed by atoms with van der Waals surface area (Å²) in [6.07, 6.45) is 5.66. The minimum atomic E-state index is 0.527. The SMILES string of the molecule is C/C=C/COCc1c(I)ccnc1OC. The van der Waals surface area contributed by atoms with E-state index in [2.05, 4.69) is 27.6 Å². The lowest BCUT2D eigenvalue weighted by Crippen LogP contribution is -2.01. The molecule has 1 aromatic heterocycles. The summed E-state index contributed by atoms with van der Waals surface area (Å²) in [5.74, 6) is 0.641. The lowest BCUT2D eigenvalue weighted by Gasteiger charge is -2.08. The van der Waals surface area contributed by atoms with E-state index in [9.17, 15) is 0 Å². The zero-order valence-electron chi connectivity index (χ0n) is 8.87. The average Bonchev–Trinajstić information content (AvgIpc) is 2.26. The number of halogens is 1. The molecule has 0 unspecified atom stereocenters. The van der Waals surface area contributed by atoms with Gasteiger partial charge < -0.3 is 9.47 Å². The summed E-state index contributed by atoms with van der Waals surface area (Å²) in [7, 11) is 1.62. The Labute approximate surface area is 104 Å². The van der Waals surface area contributed by atoms with Crippen LogP contribution in [0, 0.1) is 3.57 Å². The number of ether oxygens (including phenoxy) is 2. The third kappa shape index (κ3) is 3.79. The van der Waals surface area contributed by atoms with Gasteiger partial charge in [-0.1, -0.05) is 12.2 Å². The molecular formula is C11H14INO2. The number of allylic oxidation sites excluding steroid dienone is 1. The maximum atomic E-state index is 5.47. The van der Waals surface area contributed by atoms with Crippen LogP contribution in [0.5, 0.6) is 5.88 Å². The third-order valence-electron chi connectivity index (χ3n) is 1.85. The van der Waals surface area contributed by atoms with Crippen molar-refractivity contribution in [1.82, 2.24) is 4.98 Å². The lowest BCUT2D eigenvalue weighted by atomic mass is 10.3. The molecule has 0 N–H and O–H groups in total. The highest BCUT2D eigenvalue weighted by Crippen LogP contribution is 2.21. The lowest BCUT2D eigenvalue weighted by molar-refractivity contribution is 0.145. The Hall–Kier alpha value is -0.620. The van der Waals surface area contributed by atoms with Crippen molar-refractivity contribution >= 4 is 22.6 Å². The van der Waals surface area contributed by atoms with E-state index < -0.39 is 0 Å². The van der Waals surface area contributed by atoms with Crippen molar-refractivity contribution in [2.75, 3.05) is 13.7 Å². The molecule has 1 heterocycles. The summed E-state index contributed by atoms with van der Waals surface area (Å²) in [6, 6.07) is 1.94. The first kappa shape index (κ1) is 12.4. The van der Waals surface area contributed by atoms with Gasteiger partial charge in [0, 0.05) is 9.77 Å². The fourth-order valence-electron chi connectivity index (χ4n) is 1.08. The van der Waals surface area contributed by atoms with E-state index in [4.69, 9.17) is 9.47 Å². The number of hydrogen-bond acceptors (Lipinski definition) is 3. The van der Waals surface area contributed by atoms with Crippen LogP contribution in [0.25, 0.3) is 0 Å². The van der Waals surface area contributed by atoms with Gasteiger partial charge in [-0.2, -0.15) is 0 Å². The van der Waals surface area contributed by atoms with Crippen molar-refractivity contribution in [3.63, 3.8) is 0 Å². The normalized spacial score (nSPS) is 10.9. The van der Waals surface area contributed by atoms with Gasteiger partial charge >= 0.3 is 0 Å². The largest absolute Gasteiger partial charge is 0.481 e. The van der Waals surface area contributed by atoms with Crippen LogP contribution in [0.1, 0.15) is 12.5 Å². The standard InChI is InChI=1S/C11H14INO2/c1-3-4-7-15-8-9-10(12)5-6-13-11(9)14-2/h3-6H,7-8H2,1-2H3/b4-3+. The first-order chi connectivity index (χ1) is 7.29. The molecule has 3 nitrogen and oxygen atoms in total. The Bertz CT molecular complexity index is 339. The second-order valence-electron chi connectivity index (χ2n) is 2.86. The number of pyridine rings is 1. The molecule has 0 radical (unpaired) electrons. The molecule has 0 spiro atoms. The van der Waals surface area contributed by atoms with Gasteiger partial charge in [-0.15, -0.1) is 0 Å². The quantitative estimate of drug-likeness (QED) is 0.475. The Balaban J connectivity index is 2.66. The van der Waals surface area contributed by atoms with E-state index in [-0.39, 0.29) is 0 Å². The summed E-state index contributed by atoms with van der Waals surface area (Å²) in [6.45, 7) is 3.11. The van der Waals surface area contributed by atoms with Gasteiger partial charge in [0.25, 0.3) is 0 Å². The second-order valence-corrected chi connectivity index (χ2v) is 4.03. The van der Waals surface area contributed by atoms with Crippen LogP contribution in [0.3, 0.4) is 0 Å². The molecule has 0 aromatic carbocycles. The Morgan fingerprint density at radius 2 is 2.33 bits per heavy atom. The summed E-state index contributed by atoms with van der Waals surface area (Å²) >= 11 is 2.25. The van der Waals surface area contributed by atoms with E-state index in [1.807, 2.05) is 25.1 Å². The fraction of sp³-hybridized carbons (Fsp3) is 0.364. The summed E-state index contributed by atoms with van der Waals surface area (Å²) in [5, 5.41) is 0. The highest BCUT2D eigenvalue weighted by molar-refractivity contribution is 14.1. The molecule has 0 bridgehead atoms. The number of methoxy groups -OCH3 is 1. The van der Waals surface area contributed by atoms with Crippen molar-refractivity contribution in [1.29, 1.82) is 0 Å². The van der Waals surface area contributed by atoms with Crippen molar-refractivity contribution in [3.05, 3.63) is 33.5 Å². The Kier molecular flexibility index (Phi) is 5.63. The van der Waals surface area contributed by atoms with E-state index in [1.54, 1.807) is 13.3 Å². The molecule has 82 valence electrons. The van der Waals surface area contributed by atoms with Crippen LogP contribution in [-0.4, -0.2) is 18.7 Å². The van der Waals surface area contributed by atoms with Gasteiger partial charge in [0.1, 0.15) is 0 Å². The molecule has 0 saturated carbocycles. The predicted octanol–water partition coefficient (Wildman–Crippen LogP) is 2.79. The van der Waals surface area contributed by atoms with Crippen LogP contribution >= 0.6 is 22.6 Å². The molecule has 0 atom stereocenters. The molecule has 1 aromatic rings. The molecule has 0 amide bonds. The minimum absolute atomic E-state index is 0.527. The van der Waals surface area contributed by atoms with Crippen LogP contribution in [-0.2, 0) is 11.3 Å². The molecule has 0 aliphatic heterocycles. The second kappa shape index (κ2) is 6.79. The van der Waals surface area contributed by atoms with Crippen molar-refractivity contribution < 1.29 is 9.47 Å². The molecular weight excluding hydrogens is 305 g/mol. The molecule has 1 rings (SSSR count). The van der Waals surface area contributed by atoms with Gasteiger partial charge in [0.2, 0.25) is 5.88 Å². The molecule has 0 fully saturated rings. The van der Waals surface area contributed by atoms with Crippen molar-refractivity contribution in [2.24, 2.45) is 0 Å². The van der Waals surface area contributed by atoms with Gasteiger partial charge in [0.15, 0.2) is 0 Å². The first-order valence-corrected chi connectivity index (χ1v) is 5.73. The smallest absolute Gasteiger partial charge is 0.219 e.